The molecule has 3 heteroatoms. The molecule has 1 fully saturated rings. The van der Waals surface area contributed by atoms with Gasteiger partial charge in [0.15, 0.2) is 6.10 Å². The summed E-state index contributed by atoms with van der Waals surface area (Å²) in [4.78, 5) is 0. The summed E-state index contributed by atoms with van der Waals surface area (Å²) in [5.74, 6) is 0. The fourth-order valence-electron chi connectivity index (χ4n) is 1.34. The minimum atomic E-state index is -0.777. The van der Waals surface area contributed by atoms with E-state index in [1.54, 1.807) is 12.3 Å². The van der Waals surface area contributed by atoms with Gasteiger partial charge in [0.25, 0.3) is 0 Å². The first-order valence-corrected chi connectivity index (χ1v) is 4.45. The van der Waals surface area contributed by atoms with E-state index in [1.165, 1.54) is 0 Å². The number of nitrogens with one attached hydrogen (secondary N) is 1. The molecule has 2 atom stereocenters. The van der Waals surface area contributed by atoms with Gasteiger partial charge in [0, 0.05) is 19.2 Å². The van der Waals surface area contributed by atoms with Gasteiger partial charge in [0.05, 0.1) is 11.8 Å². The molecule has 2 heterocycles. The summed E-state index contributed by atoms with van der Waals surface area (Å²) >= 11 is 0. The highest BCUT2D eigenvalue weighted by Crippen LogP contribution is 2.20. The number of allylic oxidation sites excluding steroid dienone is 4. The molecule has 0 aliphatic carbocycles. The van der Waals surface area contributed by atoms with Crippen LogP contribution in [0.4, 0.5) is 0 Å². The molecule has 1 saturated heterocycles. The Bertz CT molecular complexity index is 264. The van der Waals surface area contributed by atoms with Crippen LogP contribution < -0.4 is 5.32 Å². The van der Waals surface area contributed by atoms with E-state index in [0.717, 1.165) is 13.0 Å². The normalized spacial score (nSPS) is 28.4. The molecule has 69 valence electrons. The monoisotopic (exact) mass is 178 g/mol. The zero-order valence-electron chi connectivity index (χ0n) is 7.27. The van der Waals surface area contributed by atoms with E-state index in [0.29, 0.717) is 5.70 Å². The van der Waals surface area contributed by atoms with Crippen molar-refractivity contribution in [3.05, 3.63) is 36.2 Å². The molecule has 1 radical (unpaired) electrons. The van der Waals surface area contributed by atoms with Gasteiger partial charge in [0.2, 0.25) is 0 Å². The van der Waals surface area contributed by atoms with E-state index in [9.17, 15) is 5.11 Å². The van der Waals surface area contributed by atoms with Gasteiger partial charge in [-0.05, 0) is 12.2 Å². The Morgan fingerprint density at radius 1 is 1.46 bits per heavy atom. The second kappa shape index (κ2) is 3.77. The first-order chi connectivity index (χ1) is 6.38. The van der Waals surface area contributed by atoms with Crippen molar-refractivity contribution >= 4 is 0 Å². The summed E-state index contributed by atoms with van der Waals surface area (Å²) in [6.07, 6.45) is 9.13. The summed E-state index contributed by atoms with van der Waals surface area (Å²) in [6.45, 7) is 0.725. The van der Waals surface area contributed by atoms with Crippen LogP contribution >= 0.6 is 0 Å². The molecule has 13 heavy (non-hydrogen) atoms. The average molecular weight is 178 g/mol. The number of rotatable bonds is 2. The molecule has 0 aromatic rings. The van der Waals surface area contributed by atoms with E-state index in [1.807, 2.05) is 18.2 Å². The number of hydrogen-bond donors (Lipinski definition) is 1. The maximum absolute atomic E-state index is 11.7. The van der Waals surface area contributed by atoms with Gasteiger partial charge in [-0.2, -0.15) is 0 Å². The molecule has 0 bridgehead atoms. The van der Waals surface area contributed by atoms with Crippen LogP contribution in [0.1, 0.15) is 6.42 Å². The predicted octanol–water partition coefficient (Wildman–Crippen LogP) is 1.13. The Labute approximate surface area is 77.4 Å². The quantitative estimate of drug-likeness (QED) is 0.688. The van der Waals surface area contributed by atoms with Gasteiger partial charge in [-0.25, -0.2) is 5.11 Å². The molecular weight excluding hydrogens is 166 g/mol. The second-order valence-corrected chi connectivity index (χ2v) is 3.13. The summed E-state index contributed by atoms with van der Waals surface area (Å²) < 4.78 is 5.15. The van der Waals surface area contributed by atoms with Crippen LogP contribution in [0.15, 0.2) is 36.2 Å². The lowest BCUT2D eigenvalue weighted by molar-refractivity contribution is -0.124. The first kappa shape index (κ1) is 8.53. The van der Waals surface area contributed by atoms with E-state index >= 15 is 0 Å². The fourth-order valence-corrected chi connectivity index (χ4v) is 1.34. The van der Waals surface area contributed by atoms with Crippen LogP contribution in [0.3, 0.4) is 0 Å². The first-order valence-electron chi connectivity index (χ1n) is 4.45. The molecule has 0 spiro atoms. The van der Waals surface area contributed by atoms with E-state index in [2.05, 4.69) is 5.32 Å². The van der Waals surface area contributed by atoms with Crippen LogP contribution in [0.2, 0.25) is 0 Å². The smallest absolute Gasteiger partial charge is 0.159 e. The van der Waals surface area contributed by atoms with E-state index < -0.39 is 6.10 Å². The lowest BCUT2D eigenvalue weighted by Gasteiger charge is -2.30. The van der Waals surface area contributed by atoms with Gasteiger partial charge in [-0.1, -0.05) is 12.2 Å². The molecule has 0 saturated carbocycles. The Morgan fingerprint density at radius 3 is 3.00 bits per heavy atom. The molecule has 2 unspecified atom stereocenters. The molecule has 3 nitrogen and oxygen atoms in total. The zero-order valence-corrected chi connectivity index (χ0v) is 7.27. The average Bonchev–Trinajstić information content (AvgIpc) is 2.27. The lowest BCUT2D eigenvalue weighted by Crippen LogP contribution is -2.40. The van der Waals surface area contributed by atoms with Crippen molar-refractivity contribution in [1.82, 2.24) is 5.32 Å². The maximum atomic E-state index is 11.7. The maximum Gasteiger partial charge on any atom is 0.159 e. The van der Waals surface area contributed by atoms with E-state index in [4.69, 9.17) is 4.74 Å². The van der Waals surface area contributed by atoms with Crippen molar-refractivity contribution in [1.29, 1.82) is 0 Å². The number of ether oxygens (including phenoxy) is 1. The third kappa shape index (κ3) is 1.82. The van der Waals surface area contributed by atoms with Crippen molar-refractivity contribution in [2.24, 2.45) is 0 Å². The SMILES string of the molecule is [O]C(C1=CC=CC=CN1)C1CCO1. The van der Waals surface area contributed by atoms with Crippen molar-refractivity contribution < 1.29 is 9.84 Å². The van der Waals surface area contributed by atoms with Gasteiger partial charge >= 0.3 is 0 Å². The number of hydrogen-bond acceptors (Lipinski definition) is 2. The Morgan fingerprint density at radius 2 is 2.31 bits per heavy atom. The molecular formula is C10H12NO2. The standard InChI is InChI=1S/C10H12NO2/c12-10(9-5-7-13-9)8-4-2-1-3-6-11-8/h1-4,6,9-11H,5,7H2. The zero-order chi connectivity index (χ0) is 9.10. The largest absolute Gasteiger partial charge is 0.375 e. The molecule has 0 aromatic heterocycles. The molecule has 2 aliphatic rings. The molecule has 2 aliphatic heterocycles. The molecule has 1 N–H and O–H groups in total. The Kier molecular flexibility index (Phi) is 2.47. The van der Waals surface area contributed by atoms with Crippen LogP contribution in [0.25, 0.3) is 0 Å². The van der Waals surface area contributed by atoms with Crippen molar-refractivity contribution in [2.75, 3.05) is 6.61 Å². The van der Waals surface area contributed by atoms with Crippen molar-refractivity contribution in [2.45, 2.75) is 18.6 Å². The molecule has 0 aromatic carbocycles. The van der Waals surface area contributed by atoms with Crippen LogP contribution in [-0.2, 0) is 9.84 Å². The summed E-state index contributed by atoms with van der Waals surface area (Å²) in [5, 5.41) is 14.6. The van der Waals surface area contributed by atoms with Crippen LogP contribution in [0.5, 0.6) is 0 Å². The Balaban J connectivity index is 2.01. The highest BCUT2D eigenvalue weighted by Gasteiger charge is 2.30. The van der Waals surface area contributed by atoms with E-state index in [-0.39, 0.29) is 6.10 Å². The summed E-state index contributed by atoms with van der Waals surface area (Å²) in [7, 11) is 0. The topological polar surface area (TPSA) is 41.2 Å². The second-order valence-electron chi connectivity index (χ2n) is 3.13. The fraction of sp³-hybridized carbons (Fsp3) is 0.400. The molecule has 0 amide bonds. The highest BCUT2D eigenvalue weighted by atomic mass is 16.5. The van der Waals surface area contributed by atoms with Gasteiger partial charge in [-0.3, -0.25) is 0 Å². The van der Waals surface area contributed by atoms with Crippen LogP contribution in [-0.4, -0.2) is 18.8 Å². The minimum Gasteiger partial charge on any atom is -0.375 e. The van der Waals surface area contributed by atoms with Gasteiger partial charge in [-0.15, -0.1) is 0 Å². The van der Waals surface area contributed by atoms with Crippen LogP contribution in [0, 0.1) is 0 Å². The van der Waals surface area contributed by atoms with Crippen molar-refractivity contribution in [3.8, 4) is 0 Å². The van der Waals surface area contributed by atoms with Gasteiger partial charge in [0.1, 0.15) is 0 Å². The summed E-state index contributed by atoms with van der Waals surface area (Å²) in [5.41, 5.74) is 0.690. The third-order valence-corrected chi connectivity index (χ3v) is 2.22. The minimum absolute atomic E-state index is 0.140. The molecule has 2 rings (SSSR count). The van der Waals surface area contributed by atoms with Gasteiger partial charge < -0.3 is 10.1 Å². The lowest BCUT2D eigenvalue weighted by atomic mass is 10.0. The Hall–Kier alpha value is -1.06. The highest BCUT2D eigenvalue weighted by molar-refractivity contribution is 5.24. The van der Waals surface area contributed by atoms with Crippen molar-refractivity contribution in [3.63, 3.8) is 0 Å². The predicted molar refractivity (Wildman–Crippen MR) is 48.3 cm³/mol. The third-order valence-electron chi connectivity index (χ3n) is 2.22. The summed E-state index contributed by atoms with van der Waals surface area (Å²) in [6, 6.07) is 0.